The van der Waals surface area contributed by atoms with E-state index < -0.39 is 0 Å². The third-order valence-corrected chi connectivity index (χ3v) is 4.31. The lowest BCUT2D eigenvalue weighted by Gasteiger charge is -2.02. The average Bonchev–Trinajstić information content (AvgIpc) is 2.68. The lowest BCUT2D eigenvalue weighted by Crippen LogP contribution is -2.37. The molecule has 0 saturated heterocycles. The van der Waals surface area contributed by atoms with E-state index in [9.17, 15) is 9.18 Å². The summed E-state index contributed by atoms with van der Waals surface area (Å²) in [4.78, 5) is 16.7. The number of benzene rings is 3. The fourth-order valence-electron chi connectivity index (χ4n) is 2.89. The minimum absolute atomic E-state index is 0. The van der Waals surface area contributed by atoms with Crippen molar-refractivity contribution >= 4 is 33.5 Å². The van der Waals surface area contributed by atoms with E-state index in [1.165, 1.54) is 29.7 Å². The summed E-state index contributed by atoms with van der Waals surface area (Å²) >= 11 is 0. The van der Waals surface area contributed by atoms with Gasteiger partial charge in [-0.15, -0.1) is 17.0 Å². The molecule has 0 radical (unpaired) electrons. The van der Waals surface area contributed by atoms with Crippen LogP contribution in [0.5, 0.6) is 0 Å². The van der Waals surface area contributed by atoms with Crippen LogP contribution in [-0.4, -0.2) is 10.8 Å². The summed E-state index contributed by atoms with van der Waals surface area (Å²) in [5, 5.41) is 2.35. The summed E-state index contributed by atoms with van der Waals surface area (Å²) in [7, 11) is 0. The first-order valence-corrected chi connectivity index (χ1v) is 8.32. The van der Waals surface area contributed by atoms with Crippen molar-refractivity contribution in [2.45, 2.75) is 6.54 Å². The highest BCUT2D eigenvalue weighted by Crippen LogP contribution is 2.22. The highest BCUT2D eigenvalue weighted by atomic mass is 79.9. The Morgan fingerprint density at radius 3 is 2.37 bits per heavy atom. The maximum atomic E-state index is 13.0. The second-order valence-electron chi connectivity index (χ2n) is 6.11. The van der Waals surface area contributed by atoms with E-state index in [2.05, 4.69) is 29.2 Å². The van der Waals surface area contributed by atoms with Crippen LogP contribution < -0.4 is 4.57 Å². The molecule has 1 aromatic heterocycles. The average molecular weight is 424 g/mol. The smallest absolute Gasteiger partial charge is 0.287 e. The van der Waals surface area contributed by atoms with Gasteiger partial charge in [-0.25, -0.2) is 8.96 Å². The molecule has 0 aliphatic carbocycles. The molecule has 0 unspecified atom stereocenters. The van der Waals surface area contributed by atoms with E-state index in [1.807, 2.05) is 30.5 Å². The van der Waals surface area contributed by atoms with E-state index >= 15 is 0 Å². The Bertz CT molecular complexity index is 1080. The van der Waals surface area contributed by atoms with Crippen molar-refractivity contribution in [3.8, 4) is 11.3 Å². The van der Waals surface area contributed by atoms with Crippen LogP contribution in [-0.2, 0) is 6.54 Å². The van der Waals surface area contributed by atoms with Crippen molar-refractivity contribution < 1.29 is 13.8 Å². The quantitative estimate of drug-likeness (QED) is 0.349. The lowest BCUT2D eigenvalue weighted by atomic mass is 10.1. The number of fused-ring (bicyclic) bond motifs is 1. The summed E-state index contributed by atoms with van der Waals surface area (Å²) in [6.45, 7) is 0.163. The molecular formula is C22H17BrFN2O+. The monoisotopic (exact) mass is 423 g/mol. The van der Waals surface area contributed by atoms with Gasteiger partial charge in [-0.05, 0) is 52.2 Å². The van der Waals surface area contributed by atoms with Gasteiger partial charge in [0, 0.05) is 17.2 Å². The molecule has 0 N–H and O–H groups in total. The van der Waals surface area contributed by atoms with Crippen LogP contribution in [0.3, 0.4) is 0 Å². The molecule has 3 nitrogen and oxygen atoms in total. The van der Waals surface area contributed by atoms with Crippen LogP contribution in [0.25, 0.3) is 22.0 Å². The molecule has 4 rings (SSSR count). The molecule has 3 aromatic carbocycles. The molecule has 0 spiro atoms. The number of rotatable bonds is 4. The molecule has 0 amide bonds. The Hall–Kier alpha value is -2.92. The van der Waals surface area contributed by atoms with Gasteiger partial charge in [0.1, 0.15) is 5.82 Å². The Kier molecular flexibility index (Phi) is 5.72. The van der Waals surface area contributed by atoms with Crippen LogP contribution >= 0.6 is 17.0 Å². The van der Waals surface area contributed by atoms with Crippen molar-refractivity contribution in [3.63, 3.8) is 0 Å². The molecule has 4 aromatic rings. The van der Waals surface area contributed by atoms with Crippen LogP contribution in [0.4, 0.5) is 4.39 Å². The van der Waals surface area contributed by atoms with Crippen molar-refractivity contribution in [3.05, 3.63) is 96.7 Å². The Labute approximate surface area is 166 Å². The van der Waals surface area contributed by atoms with Crippen molar-refractivity contribution in [1.29, 1.82) is 0 Å². The molecule has 134 valence electrons. The lowest BCUT2D eigenvalue weighted by molar-refractivity contribution is -0.686. The van der Waals surface area contributed by atoms with Gasteiger partial charge in [0.25, 0.3) is 6.33 Å². The van der Waals surface area contributed by atoms with E-state index in [0.29, 0.717) is 5.56 Å². The van der Waals surface area contributed by atoms with Gasteiger partial charge in [-0.1, -0.05) is 30.3 Å². The SMILES string of the molecule is Br.O=C(C[n+]1ccc(-c2ccc3ccccc3c2)nc1)c1ccc(F)cc1. The van der Waals surface area contributed by atoms with Crippen molar-refractivity contribution in [2.24, 2.45) is 0 Å². The minimum Gasteiger partial charge on any atom is -0.290 e. The van der Waals surface area contributed by atoms with Gasteiger partial charge < -0.3 is 0 Å². The van der Waals surface area contributed by atoms with Crippen LogP contribution in [0.1, 0.15) is 10.4 Å². The third-order valence-electron chi connectivity index (χ3n) is 4.31. The molecule has 27 heavy (non-hydrogen) atoms. The Balaban J connectivity index is 0.00000210. The number of carbonyl (C=O) groups excluding carboxylic acids is 1. The predicted molar refractivity (Wildman–Crippen MR) is 108 cm³/mol. The number of hydrogen-bond acceptors (Lipinski definition) is 2. The number of ketones is 1. The van der Waals surface area contributed by atoms with Crippen LogP contribution in [0.2, 0.25) is 0 Å². The number of aromatic nitrogens is 2. The zero-order valence-corrected chi connectivity index (χ0v) is 16.1. The van der Waals surface area contributed by atoms with E-state index in [4.69, 9.17) is 0 Å². The van der Waals surface area contributed by atoms with Gasteiger partial charge >= 0.3 is 0 Å². The summed E-state index contributed by atoms with van der Waals surface area (Å²) in [6.07, 6.45) is 3.48. The van der Waals surface area contributed by atoms with Crippen LogP contribution in [0.15, 0.2) is 85.3 Å². The van der Waals surface area contributed by atoms with Gasteiger partial charge in [-0.3, -0.25) is 4.79 Å². The molecule has 5 heteroatoms. The topological polar surface area (TPSA) is 33.8 Å². The second-order valence-corrected chi connectivity index (χ2v) is 6.11. The third kappa shape index (κ3) is 4.26. The van der Waals surface area contributed by atoms with E-state index in [-0.39, 0.29) is 35.1 Å². The predicted octanol–water partition coefficient (Wildman–Crippen LogP) is 4.79. The molecule has 0 saturated carbocycles. The van der Waals surface area contributed by atoms with Crippen molar-refractivity contribution in [2.75, 3.05) is 0 Å². The van der Waals surface area contributed by atoms with Gasteiger partial charge in [0.05, 0.1) is 6.20 Å². The minimum atomic E-state index is -0.351. The number of halogens is 2. The molecule has 0 aliphatic heterocycles. The zero-order valence-electron chi connectivity index (χ0n) is 14.4. The van der Waals surface area contributed by atoms with Crippen molar-refractivity contribution in [1.82, 2.24) is 4.98 Å². The normalized spacial score (nSPS) is 10.4. The molecule has 0 fully saturated rings. The maximum absolute atomic E-state index is 13.0. The number of hydrogen-bond donors (Lipinski definition) is 0. The number of Topliss-reactive ketones (excluding diaryl/α,β-unsaturated/α-hetero) is 1. The van der Waals surface area contributed by atoms with Crippen LogP contribution in [0, 0.1) is 5.82 Å². The highest BCUT2D eigenvalue weighted by Gasteiger charge is 2.12. The van der Waals surface area contributed by atoms with E-state index in [1.54, 1.807) is 10.9 Å². The van der Waals surface area contributed by atoms with Gasteiger partial charge in [0.15, 0.2) is 12.2 Å². The largest absolute Gasteiger partial charge is 0.290 e. The molecule has 1 heterocycles. The summed E-state index contributed by atoms with van der Waals surface area (Å²) in [6, 6.07) is 21.9. The molecular weight excluding hydrogens is 407 g/mol. The summed E-state index contributed by atoms with van der Waals surface area (Å²) in [5.41, 5.74) is 2.36. The maximum Gasteiger partial charge on any atom is 0.287 e. The zero-order chi connectivity index (χ0) is 17.9. The molecule has 0 bridgehead atoms. The number of carbonyl (C=O) groups is 1. The first kappa shape index (κ1) is 18.9. The van der Waals surface area contributed by atoms with Gasteiger partial charge in [0.2, 0.25) is 5.78 Å². The Morgan fingerprint density at radius 2 is 1.67 bits per heavy atom. The first-order valence-electron chi connectivity index (χ1n) is 8.32. The number of nitrogens with zero attached hydrogens (tertiary/aromatic N) is 2. The molecule has 0 atom stereocenters. The van der Waals surface area contributed by atoms with E-state index in [0.717, 1.165) is 16.6 Å². The fourth-order valence-corrected chi connectivity index (χ4v) is 2.89. The first-order chi connectivity index (χ1) is 12.7. The fraction of sp³-hybridized carbons (Fsp3) is 0.0455. The van der Waals surface area contributed by atoms with Gasteiger partial charge in [-0.2, -0.15) is 0 Å². The standard InChI is InChI=1S/C22H16FN2O.BrH/c23-20-9-7-17(8-10-20)22(26)14-25-12-11-21(24-15-25)19-6-5-16-3-1-2-4-18(16)13-19;/h1-13,15H,14H2;1H/q+1;. The summed E-state index contributed by atoms with van der Waals surface area (Å²) < 4.78 is 14.7. The highest BCUT2D eigenvalue weighted by molar-refractivity contribution is 8.93. The Morgan fingerprint density at radius 1 is 0.926 bits per heavy atom. The summed E-state index contributed by atoms with van der Waals surface area (Å²) in [5.74, 6) is -0.439. The second kappa shape index (κ2) is 8.18. The molecule has 0 aliphatic rings.